The predicted octanol–water partition coefficient (Wildman–Crippen LogP) is 1.87. The zero-order chi connectivity index (χ0) is 13.7. The van der Waals surface area contributed by atoms with Gasteiger partial charge in [0.25, 0.3) is 5.91 Å². The molecule has 0 heterocycles. The molecule has 0 aromatic heterocycles. The first kappa shape index (κ1) is 14.8. The van der Waals surface area contributed by atoms with Crippen molar-refractivity contribution in [3.63, 3.8) is 0 Å². The molecule has 1 rings (SSSR count). The first-order valence-corrected chi connectivity index (χ1v) is 6.31. The van der Waals surface area contributed by atoms with Crippen LogP contribution in [0.25, 0.3) is 0 Å². The van der Waals surface area contributed by atoms with E-state index in [0.717, 1.165) is 12.0 Å². The van der Waals surface area contributed by atoms with Crippen LogP contribution in [0.5, 0.6) is 5.75 Å². The van der Waals surface area contributed by atoms with Crippen molar-refractivity contribution in [1.82, 2.24) is 0 Å². The summed E-state index contributed by atoms with van der Waals surface area (Å²) in [5, 5.41) is 0.466. The predicted molar refractivity (Wildman–Crippen MR) is 72.7 cm³/mol. The molecule has 4 nitrogen and oxygen atoms in total. The van der Waals surface area contributed by atoms with Gasteiger partial charge in [0.05, 0.1) is 5.02 Å². The average molecular weight is 271 g/mol. The summed E-state index contributed by atoms with van der Waals surface area (Å²) >= 11 is 6.10. The number of hydrogen-bond acceptors (Lipinski definition) is 3. The van der Waals surface area contributed by atoms with Crippen LogP contribution < -0.4 is 16.2 Å². The third kappa shape index (κ3) is 4.20. The molecule has 0 saturated heterocycles. The number of ether oxygens (including phenoxy) is 1. The first-order chi connectivity index (χ1) is 8.43. The van der Waals surface area contributed by atoms with Crippen LogP contribution in [0.3, 0.4) is 0 Å². The molecule has 1 aromatic carbocycles. The number of hydrogen-bond donors (Lipinski definition) is 2. The summed E-state index contributed by atoms with van der Waals surface area (Å²) in [6.07, 6.45) is 0.599. The van der Waals surface area contributed by atoms with E-state index in [-0.39, 0.29) is 6.04 Å². The maximum atomic E-state index is 11.1. The van der Waals surface area contributed by atoms with Crippen molar-refractivity contribution in [3.05, 3.63) is 28.8 Å². The zero-order valence-corrected chi connectivity index (χ0v) is 11.4. The van der Waals surface area contributed by atoms with Crippen molar-refractivity contribution in [3.8, 4) is 5.75 Å². The van der Waals surface area contributed by atoms with Gasteiger partial charge in [-0.1, -0.05) is 24.6 Å². The molecule has 0 spiro atoms. The summed E-state index contributed by atoms with van der Waals surface area (Å²) in [5.41, 5.74) is 12.0. The number of halogens is 1. The summed E-state index contributed by atoms with van der Waals surface area (Å²) < 4.78 is 5.48. The molecule has 0 aliphatic rings. The fourth-order valence-corrected chi connectivity index (χ4v) is 1.88. The Kier molecular flexibility index (Phi) is 5.44. The minimum Gasteiger partial charge on any atom is -0.479 e. The number of carbonyl (C=O) groups is 1. The number of amides is 1. The van der Waals surface area contributed by atoms with E-state index in [0.29, 0.717) is 17.2 Å². The van der Waals surface area contributed by atoms with E-state index in [9.17, 15) is 4.79 Å². The lowest BCUT2D eigenvalue weighted by atomic mass is 10.1. The Morgan fingerprint density at radius 3 is 2.61 bits per heavy atom. The van der Waals surface area contributed by atoms with Crippen molar-refractivity contribution in [2.75, 3.05) is 0 Å². The summed E-state index contributed by atoms with van der Waals surface area (Å²) in [7, 11) is 0. The van der Waals surface area contributed by atoms with E-state index in [1.807, 2.05) is 19.9 Å². The van der Waals surface area contributed by atoms with Gasteiger partial charge in [0.2, 0.25) is 0 Å². The Balaban J connectivity index is 2.82. The molecular weight excluding hydrogens is 252 g/mol. The monoisotopic (exact) mass is 270 g/mol. The molecule has 4 N–H and O–H groups in total. The zero-order valence-electron chi connectivity index (χ0n) is 10.7. The largest absolute Gasteiger partial charge is 0.479 e. The molecule has 0 bridgehead atoms. The Labute approximate surface area is 112 Å². The molecule has 2 unspecified atom stereocenters. The normalized spacial score (nSPS) is 14.0. The van der Waals surface area contributed by atoms with E-state index in [1.165, 1.54) is 0 Å². The molecule has 1 aromatic rings. The molecule has 5 heteroatoms. The molecule has 0 aliphatic heterocycles. The van der Waals surface area contributed by atoms with Crippen LogP contribution in [-0.2, 0) is 11.2 Å². The maximum Gasteiger partial charge on any atom is 0.258 e. The van der Waals surface area contributed by atoms with E-state index in [1.54, 1.807) is 12.1 Å². The number of rotatable bonds is 6. The second kappa shape index (κ2) is 6.61. The quantitative estimate of drug-likeness (QED) is 0.828. The molecule has 1 amide bonds. The Morgan fingerprint density at radius 1 is 1.50 bits per heavy atom. The standard InChI is InChI=1S/C13H19ClN2O2/c1-3-11(13(16)17)18-12-5-4-9(6-8(2)15)7-10(12)14/h4-5,7-8,11H,3,6,15H2,1-2H3,(H2,16,17). The Hall–Kier alpha value is -1.26. The second-order valence-corrected chi connectivity index (χ2v) is 4.77. The summed E-state index contributed by atoms with van der Waals surface area (Å²) in [5.74, 6) is -0.0241. The highest BCUT2D eigenvalue weighted by Gasteiger charge is 2.16. The lowest BCUT2D eigenvalue weighted by Gasteiger charge is -2.16. The van der Waals surface area contributed by atoms with Gasteiger partial charge in [-0.15, -0.1) is 0 Å². The van der Waals surface area contributed by atoms with Crippen LogP contribution in [0.15, 0.2) is 18.2 Å². The van der Waals surface area contributed by atoms with E-state index in [4.69, 9.17) is 27.8 Å². The lowest BCUT2D eigenvalue weighted by Crippen LogP contribution is -2.33. The fourth-order valence-electron chi connectivity index (χ4n) is 1.63. The van der Waals surface area contributed by atoms with E-state index in [2.05, 4.69) is 0 Å². The maximum absolute atomic E-state index is 11.1. The van der Waals surface area contributed by atoms with Crippen LogP contribution in [0.2, 0.25) is 5.02 Å². The van der Waals surface area contributed by atoms with Crippen molar-refractivity contribution in [1.29, 1.82) is 0 Å². The second-order valence-electron chi connectivity index (χ2n) is 4.36. The van der Waals surface area contributed by atoms with Crippen LogP contribution in [0.1, 0.15) is 25.8 Å². The number of primary amides is 1. The van der Waals surface area contributed by atoms with Crippen LogP contribution in [0.4, 0.5) is 0 Å². The fraction of sp³-hybridized carbons (Fsp3) is 0.462. The van der Waals surface area contributed by atoms with Gasteiger partial charge in [-0.2, -0.15) is 0 Å². The molecule has 0 saturated carbocycles. The smallest absolute Gasteiger partial charge is 0.258 e. The Morgan fingerprint density at radius 2 is 2.17 bits per heavy atom. The van der Waals surface area contributed by atoms with Gasteiger partial charge in [0.15, 0.2) is 6.10 Å². The summed E-state index contributed by atoms with van der Waals surface area (Å²) in [6, 6.07) is 5.50. The Bertz CT molecular complexity index is 421. The van der Waals surface area contributed by atoms with Crippen molar-refractivity contribution in [2.45, 2.75) is 38.8 Å². The SMILES string of the molecule is CCC(Oc1ccc(CC(C)N)cc1Cl)C(N)=O. The average Bonchev–Trinajstić information content (AvgIpc) is 2.26. The first-order valence-electron chi connectivity index (χ1n) is 5.94. The lowest BCUT2D eigenvalue weighted by molar-refractivity contribution is -0.124. The number of carbonyl (C=O) groups excluding carboxylic acids is 1. The van der Waals surface area contributed by atoms with Gasteiger partial charge in [-0.25, -0.2) is 0 Å². The minimum atomic E-state index is -0.651. The van der Waals surface area contributed by atoms with Crippen LogP contribution in [-0.4, -0.2) is 18.1 Å². The van der Waals surface area contributed by atoms with Gasteiger partial charge in [0.1, 0.15) is 5.75 Å². The summed E-state index contributed by atoms with van der Waals surface area (Å²) in [6.45, 7) is 3.76. The van der Waals surface area contributed by atoms with Gasteiger partial charge in [0, 0.05) is 6.04 Å². The van der Waals surface area contributed by atoms with Crippen molar-refractivity contribution >= 4 is 17.5 Å². The molecule has 0 aliphatic carbocycles. The van der Waals surface area contributed by atoms with Gasteiger partial charge in [-0.05, 0) is 37.5 Å². The van der Waals surface area contributed by atoms with Crippen LogP contribution in [0, 0.1) is 0 Å². The van der Waals surface area contributed by atoms with Gasteiger partial charge in [-0.3, -0.25) is 4.79 Å². The third-order valence-corrected chi connectivity index (χ3v) is 2.81. The molecular formula is C13H19ClN2O2. The molecule has 2 atom stereocenters. The van der Waals surface area contributed by atoms with Crippen LogP contribution >= 0.6 is 11.6 Å². The number of benzene rings is 1. The summed E-state index contributed by atoms with van der Waals surface area (Å²) in [4.78, 5) is 11.1. The molecule has 0 radical (unpaired) electrons. The molecule has 0 fully saturated rings. The van der Waals surface area contributed by atoms with E-state index < -0.39 is 12.0 Å². The third-order valence-electron chi connectivity index (χ3n) is 2.51. The van der Waals surface area contributed by atoms with Crippen molar-refractivity contribution < 1.29 is 9.53 Å². The highest BCUT2D eigenvalue weighted by atomic mass is 35.5. The van der Waals surface area contributed by atoms with Gasteiger partial charge >= 0.3 is 0 Å². The molecule has 100 valence electrons. The topological polar surface area (TPSA) is 78.3 Å². The minimum absolute atomic E-state index is 0.0712. The molecule has 18 heavy (non-hydrogen) atoms. The highest BCUT2D eigenvalue weighted by molar-refractivity contribution is 6.32. The van der Waals surface area contributed by atoms with Crippen molar-refractivity contribution in [2.24, 2.45) is 11.5 Å². The highest BCUT2D eigenvalue weighted by Crippen LogP contribution is 2.27. The van der Waals surface area contributed by atoms with Gasteiger partial charge < -0.3 is 16.2 Å². The van der Waals surface area contributed by atoms with E-state index >= 15 is 0 Å². The number of nitrogens with two attached hydrogens (primary N) is 2.